The first-order valence-electron chi connectivity index (χ1n) is 7.22. The van der Waals surface area contributed by atoms with E-state index in [4.69, 9.17) is 14.2 Å². The first-order valence-corrected chi connectivity index (χ1v) is 7.22. The van der Waals surface area contributed by atoms with Crippen LogP contribution in [0.5, 0.6) is 11.5 Å². The van der Waals surface area contributed by atoms with Gasteiger partial charge in [0.05, 0.1) is 13.7 Å². The number of hydrogen-bond acceptors (Lipinski definition) is 4. The second-order valence-corrected chi connectivity index (χ2v) is 4.90. The fraction of sp³-hybridized carbons (Fsp3) is 0.625. The predicted molar refractivity (Wildman–Crippen MR) is 81.6 cm³/mol. The predicted octanol–water partition coefficient (Wildman–Crippen LogP) is 3.00. The molecular formula is C16H27NO3. The van der Waals surface area contributed by atoms with E-state index in [9.17, 15) is 0 Å². The number of methoxy groups -OCH3 is 2. The lowest BCUT2D eigenvalue weighted by Gasteiger charge is -2.14. The Hall–Kier alpha value is -1.26. The minimum absolute atomic E-state index is 0.507. The summed E-state index contributed by atoms with van der Waals surface area (Å²) >= 11 is 0. The molecule has 0 aromatic heterocycles. The van der Waals surface area contributed by atoms with E-state index in [0.717, 1.165) is 30.9 Å². The third-order valence-corrected chi connectivity index (χ3v) is 3.20. The quantitative estimate of drug-likeness (QED) is 0.669. The van der Waals surface area contributed by atoms with Gasteiger partial charge in [0.25, 0.3) is 0 Å². The van der Waals surface area contributed by atoms with Gasteiger partial charge in [0.2, 0.25) is 0 Å². The van der Waals surface area contributed by atoms with E-state index in [0.29, 0.717) is 19.3 Å². The Balaban J connectivity index is 2.60. The largest absolute Gasteiger partial charge is 0.497 e. The van der Waals surface area contributed by atoms with Gasteiger partial charge >= 0.3 is 0 Å². The zero-order valence-corrected chi connectivity index (χ0v) is 13.1. The van der Waals surface area contributed by atoms with Gasteiger partial charge in [0.15, 0.2) is 0 Å². The van der Waals surface area contributed by atoms with E-state index in [1.54, 1.807) is 14.2 Å². The SMILES string of the molecule is CC[C@@H](C)NCc1cc(OC)cc(OCCCOC)c1. The molecule has 4 heteroatoms. The van der Waals surface area contributed by atoms with Crippen molar-refractivity contribution in [2.45, 2.75) is 39.3 Å². The maximum atomic E-state index is 5.74. The van der Waals surface area contributed by atoms with Crippen LogP contribution in [0.15, 0.2) is 18.2 Å². The lowest BCUT2D eigenvalue weighted by Crippen LogP contribution is -2.24. The monoisotopic (exact) mass is 281 g/mol. The Kier molecular flexibility index (Phi) is 8.07. The molecule has 0 fully saturated rings. The molecule has 0 aliphatic rings. The fourth-order valence-corrected chi connectivity index (χ4v) is 1.76. The molecule has 0 radical (unpaired) electrons. The van der Waals surface area contributed by atoms with Crippen molar-refractivity contribution in [2.24, 2.45) is 0 Å². The van der Waals surface area contributed by atoms with Crippen molar-refractivity contribution in [3.63, 3.8) is 0 Å². The summed E-state index contributed by atoms with van der Waals surface area (Å²) in [7, 11) is 3.38. The lowest BCUT2D eigenvalue weighted by molar-refractivity contribution is 0.172. The maximum Gasteiger partial charge on any atom is 0.123 e. The first-order chi connectivity index (χ1) is 9.69. The van der Waals surface area contributed by atoms with Crippen molar-refractivity contribution >= 4 is 0 Å². The summed E-state index contributed by atoms with van der Waals surface area (Å²) in [5.74, 6) is 1.68. The van der Waals surface area contributed by atoms with E-state index in [1.807, 2.05) is 12.1 Å². The topological polar surface area (TPSA) is 39.7 Å². The van der Waals surface area contributed by atoms with E-state index < -0.39 is 0 Å². The smallest absolute Gasteiger partial charge is 0.123 e. The summed E-state index contributed by atoms with van der Waals surface area (Å²) in [5, 5.41) is 3.47. The Morgan fingerprint density at radius 2 is 1.85 bits per heavy atom. The van der Waals surface area contributed by atoms with Gasteiger partial charge in [-0.05, 0) is 31.0 Å². The summed E-state index contributed by atoms with van der Waals surface area (Å²) < 4.78 is 16.1. The summed E-state index contributed by atoms with van der Waals surface area (Å²) in [6.45, 7) is 6.54. The fourth-order valence-electron chi connectivity index (χ4n) is 1.76. The molecule has 20 heavy (non-hydrogen) atoms. The third-order valence-electron chi connectivity index (χ3n) is 3.20. The molecule has 0 spiro atoms. The molecule has 1 aromatic rings. The van der Waals surface area contributed by atoms with Gasteiger partial charge in [-0.1, -0.05) is 6.92 Å². The van der Waals surface area contributed by atoms with Crippen molar-refractivity contribution < 1.29 is 14.2 Å². The van der Waals surface area contributed by atoms with Crippen molar-refractivity contribution in [1.29, 1.82) is 0 Å². The molecular weight excluding hydrogens is 254 g/mol. The van der Waals surface area contributed by atoms with Crippen molar-refractivity contribution in [2.75, 3.05) is 27.4 Å². The van der Waals surface area contributed by atoms with E-state index in [2.05, 4.69) is 25.2 Å². The number of hydrogen-bond donors (Lipinski definition) is 1. The van der Waals surface area contributed by atoms with Gasteiger partial charge in [-0.3, -0.25) is 0 Å². The molecule has 0 heterocycles. The number of ether oxygens (including phenoxy) is 3. The van der Waals surface area contributed by atoms with E-state index >= 15 is 0 Å². The third kappa shape index (κ3) is 6.26. The highest BCUT2D eigenvalue weighted by molar-refractivity contribution is 5.38. The summed E-state index contributed by atoms with van der Waals surface area (Å²) in [6, 6.07) is 6.52. The lowest BCUT2D eigenvalue weighted by atomic mass is 10.1. The van der Waals surface area contributed by atoms with Crippen LogP contribution in [0.4, 0.5) is 0 Å². The van der Waals surface area contributed by atoms with Crippen molar-refractivity contribution in [1.82, 2.24) is 5.32 Å². The molecule has 0 aliphatic carbocycles. The molecule has 1 N–H and O–H groups in total. The van der Waals surface area contributed by atoms with Crippen molar-refractivity contribution in [3.05, 3.63) is 23.8 Å². The van der Waals surface area contributed by atoms with Crippen molar-refractivity contribution in [3.8, 4) is 11.5 Å². The molecule has 114 valence electrons. The Bertz CT molecular complexity index is 382. The minimum atomic E-state index is 0.507. The molecule has 0 saturated heterocycles. The van der Waals surface area contributed by atoms with Crippen LogP contribution in [0.25, 0.3) is 0 Å². The van der Waals surface area contributed by atoms with E-state index in [1.165, 1.54) is 5.56 Å². The average Bonchev–Trinajstić information content (AvgIpc) is 2.49. The zero-order valence-electron chi connectivity index (χ0n) is 13.1. The molecule has 0 unspecified atom stereocenters. The molecule has 1 aromatic carbocycles. The first kappa shape index (κ1) is 16.8. The minimum Gasteiger partial charge on any atom is -0.497 e. The normalized spacial score (nSPS) is 12.2. The molecule has 0 aliphatic heterocycles. The van der Waals surface area contributed by atoms with Crippen LogP contribution in [-0.4, -0.2) is 33.5 Å². The van der Waals surface area contributed by atoms with Gasteiger partial charge < -0.3 is 19.5 Å². The van der Waals surface area contributed by atoms with Crippen LogP contribution in [0.3, 0.4) is 0 Å². The molecule has 0 bridgehead atoms. The second kappa shape index (κ2) is 9.61. The number of rotatable bonds is 10. The van der Waals surface area contributed by atoms with Gasteiger partial charge in [0.1, 0.15) is 11.5 Å². The molecule has 1 rings (SSSR count). The Labute approximate surface area is 122 Å². The molecule has 0 saturated carbocycles. The van der Waals surface area contributed by atoms with Crippen LogP contribution >= 0.6 is 0 Å². The van der Waals surface area contributed by atoms with Crippen LogP contribution in [-0.2, 0) is 11.3 Å². The van der Waals surface area contributed by atoms with E-state index in [-0.39, 0.29) is 0 Å². The second-order valence-electron chi connectivity index (χ2n) is 4.90. The Morgan fingerprint density at radius 3 is 2.50 bits per heavy atom. The maximum absolute atomic E-state index is 5.74. The van der Waals surface area contributed by atoms with Gasteiger partial charge in [-0.25, -0.2) is 0 Å². The standard InChI is InChI=1S/C16H27NO3/c1-5-13(2)17-12-14-9-15(19-4)11-16(10-14)20-8-6-7-18-3/h9-11,13,17H,5-8,12H2,1-4H3/t13-/m1/s1. The van der Waals surface area contributed by atoms with Crippen LogP contribution in [0, 0.1) is 0 Å². The van der Waals surface area contributed by atoms with Crippen LogP contribution in [0.2, 0.25) is 0 Å². The highest BCUT2D eigenvalue weighted by Gasteiger charge is 2.04. The molecule has 1 atom stereocenters. The Morgan fingerprint density at radius 1 is 1.10 bits per heavy atom. The van der Waals surface area contributed by atoms with Crippen LogP contribution < -0.4 is 14.8 Å². The zero-order chi connectivity index (χ0) is 14.8. The highest BCUT2D eigenvalue weighted by atomic mass is 16.5. The van der Waals surface area contributed by atoms with Crippen LogP contribution in [0.1, 0.15) is 32.3 Å². The molecule has 0 amide bonds. The van der Waals surface area contributed by atoms with Gasteiger partial charge in [0, 0.05) is 38.8 Å². The highest BCUT2D eigenvalue weighted by Crippen LogP contribution is 2.23. The van der Waals surface area contributed by atoms with Gasteiger partial charge in [-0.15, -0.1) is 0 Å². The molecule has 4 nitrogen and oxygen atoms in total. The summed E-state index contributed by atoms with van der Waals surface area (Å²) in [6.07, 6.45) is 2.00. The summed E-state index contributed by atoms with van der Waals surface area (Å²) in [4.78, 5) is 0. The van der Waals surface area contributed by atoms with Gasteiger partial charge in [-0.2, -0.15) is 0 Å². The number of nitrogens with one attached hydrogen (secondary N) is 1. The number of benzene rings is 1. The average molecular weight is 281 g/mol. The summed E-state index contributed by atoms with van der Waals surface area (Å²) in [5.41, 5.74) is 1.17.